The standard InChI is InChI=1S/C11H24N2S/c1-10(2)12-5-6-13(3)8-11-4-7-14-9-11/h10-12H,4-9H2,1-3H3. The van der Waals surface area contributed by atoms with Crippen LogP contribution in [-0.4, -0.2) is 49.1 Å². The summed E-state index contributed by atoms with van der Waals surface area (Å²) >= 11 is 2.11. The van der Waals surface area contributed by atoms with Crippen LogP contribution in [0.3, 0.4) is 0 Å². The molecule has 0 spiro atoms. The van der Waals surface area contributed by atoms with Crippen LogP contribution in [0.2, 0.25) is 0 Å². The summed E-state index contributed by atoms with van der Waals surface area (Å²) in [6.07, 6.45) is 1.42. The fourth-order valence-corrected chi connectivity index (χ4v) is 3.08. The third-order valence-electron chi connectivity index (χ3n) is 2.64. The molecule has 84 valence electrons. The van der Waals surface area contributed by atoms with Crippen molar-refractivity contribution in [3.63, 3.8) is 0 Å². The lowest BCUT2D eigenvalue weighted by Crippen LogP contribution is -2.35. The summed E-state index contributed by atoms with van der Waals surface area (Å²) < 4.78 is 0. The lowest BCUT2D eigenvalue weighted by atomic mass is 10.1. The maximum Gasteiger partial charge on any atom is 0.0104 e. The number of hydrogen-bond donors (Lipinski definition) is 1. The molecule has 1 heterocycles. The van der Waals surface area contributed by atoms with E-state index in [1.165, 1.54) is 31.0 Å². The van der Waals surface area contributed by atoms with Crippen molar-refractivity contribution in [2.45, 2.75) is 26.3 Å². The Kier molecular flexibility index (Phi) is 5.90. The highest BCUT2D eigenvalue weighted by molar-refractivity contribution is 7.99. The zero-order valence-corrected chi connectivity index (χ0v) is 10.6. The van der Waals surface area contributed by atoms with Gasteiger partial charge in [-0.15, -0.1) is 0 Å². The SMILES string of the molecule is CC(C)NCCN(C)CC1CCSC1. The van der Waals surface area contributed by atoms with Crippen molar-refractivity contribution >= 4 is 11.8 Å². The highest BCUT2D eigenvalue weighted by Crippen LogP contribution is 2.23. The second-order valence-corrected chi connectivity index (χ2v) is 5.75. The molecule has 1 aliphatic heterocycles. The van der Waals surface area contributed by atoms with Gasteiger partial charge in [-0.3, -0.25) is 0 Å². The molecule has 1 saturated heterocycles. The van der Waals surface area contributed by atoms with E-state index in [-0.39, 0.29) is 0 Å². The van der Waals surface area contributed by atoms with Crippen molar-refractivity contribution < 1.29 is 0 Å². The maximum absolute atomic E-state index is 3.45. The number of nitrogens with zero attached hydrogens (tertiary/aromatic N) is 1. The number of hydrogen-bond acceptors (Lipinski definition) is 3. The quantitative estimate of drug-likeness (QED) is 0.727. The van der Waals surface area contributed by atoms with Crippen LogP contribution >= 0.6 is 11.8 Å². The lowest BCUT2D eigenvalue weighted by molar-refractivity contribution is 0.285. The maximum atomic E-state index is 3.45. The minimum atomic E-state index is 0.616. The summed E-state index contributed by atoms with van der Waals surface area (Å²) in [5.74, 6) is 3.70. The number of likely N-dealkylation sites (N-methyl/N-ethyl adjacent to an activating group) is 1. The Morgan fingerprint density at radius 1 is 1.50 bits per heavy atom. The molecule has 0 amide bonds. The number of nitrogens with one attached hydrogen (secondary N) is 1. The Morgan fingerprint density at radius 2 is 2.29 bits per heavy atom. The fourth-order valence-electron chi connectivity index (χ4n) is 1.80. The number of rotatable bonds is 6. The van der Waals surface area contributed by atoms with Crippen molar-refractivity contribution in [3.05, 3.63) is 0 Å². The Bertz CT molecular complexity index is 144. The molecular formula is C11H24N2S. The first-order valence-electron chi connectivity index (χ1n) is 5.68. The molecule has 1 aliphatic rings. The Balaban J connectivity index is 2.00. The predicted molar refractivity (Wildman–Crippen MR) is 66.1 cm³/mol. The first-order chi connectivity index (χ1) is 6.68. The first-order valence-corrected chi connectivity index (χ1v) is 6.83. The smallest absolute Gasteiger partial charge is 0.0104 e. The molecule has 1 atom stereocenters. The molecule has 1 fully saturated rings. The van der Waals surface area contributed by atoms with Crippen molar-refractivity contribution in [3.8, 4) is 0 Å². The zero-order chi connectivity index (χ0) is 10.4. The Hall–Kier alpha value is 0.270. The van der Waals surface area contributed by atoms with Crippen molar-refractivity contribution in [2.24, 2.45) is 5.92 Å². The summed E-state index contributed by atoms with van der Waals surface area (Å²) in [7, 11) is 2.24. The summed E-state index contributed by atoms with van der Waals surface area (Å²) in [6.45, 7) is 7.99. The molecule has 1 rings (SSSR count). The van der Waals surface area contributed by atoms with Gasteiger partial charge in [-0.25, -0.2) is 0 Å². The van der Waals surface area contributed by atoms with Crippen LogP contribution < -0.4 is 5.32 Å². The van der Waals surface area contributed by atoms with Crippen LogP contribution in [0.5, 0.6) is 0 Å². The van der Waals surface area contributed by atoms with Gasteiger partial charge in [0, 0.05) is 25.7 Å². The van der Waals surface area contributed by atoms with Crippen molar-refractivity contribution in [1.29, 1.82) is 0 Å². The van der Waals surface area contributed by atoms with E-state index in [1.807, 2.05) is 0 Å². The fraction of sp³-hybridized carbons (Fsp3) is 1.00. The second-order valence-electron chi connectivity index (χ2n) is 4.60. The minimum absolute atomic E-state index is 0.616. The summed E-state index contributed by atoms with van der Waals surface area (Å²) in [6, 6.07) is 0.616. The molecule has 3 heteroatoms. The third kappa shape index (κ3) is 5.23. The van der Waals surface area contributed by atoms with Crippen LogP contribution in [0.25, 0.3) is 0 Å². The van der Waals surface area contributed by atoms with Gasteiger partial charge in [-0.05, 0) is 30.9 Å². The molecule has 1 unspecified atom stereocenters. The molecule has 0 aromatic rings. The molecule has 0 saturated carbocycles. The molecule has 0 bridgehead atoms. The van der Waals surface area contributed by atoms with E-state index >= 15 is 0 Å². The van der Waals surface area contributed by atoms with Crippen LogP contribution in [0.15, 0.2) is 0 Å². The molecule has 0 aliphatic carbocycles. The van der Waals surface area contributed by atoms with E-state index < -0.39 is 0 Å². The second kappa shape index (κ2) is 6.70. The molecule has 0 aromatic heterocycles. The molecule has 14 heavy (non-hydrogen) atoms. The van der Waals surface area contributed by atoms with Crippen LogP contribution in [0.4, 0.5) is 0 Å². The van der Waals surface area contributed by atoms with Gasteiger partial charge in [0.05, 0.1) is 0 Å². The monoisotopic (exact) mass is 216 g/mol. The predicted octanol–water partition coefficient (Wildman–Crippen LogP) is 1.67. The summed E-state index contributed by atoms with van der Waals surface area (Å²) in [5, 5.41) is 3.45. The first kappa shape index (κ1) is 12.3. The molecule has 0 radical (unpaired) electrons. The van der Waals surface area contributed by atoms with E-state index in [1.54, 1.807) is 0 Å². The van der Waals surface area contributed by atoms with Crippen molar-refractivity contribution in [2.75, 3.05) is 38.2 Å². The van der Waals surface area contributed by atoms with Gasteiger partial charge < -0.3 is 10.2 Å². The minimum Gasteiger partial charge on any atom is -0.313 e. The van der Waals surface area contributed by atoms with Gasteiger partial charge in [0.2, 0.25) is 0 Å². The highest BCUT2D eigenvalue weighted by atomic mass is 32.2. The molecular weight excluding hydrogens is 192 g/mol. The average molecular weight is 216 g/mol. The van der Waals surface area contributed by atoms with E-state index in [9.17, 15) is 0 Å². The van der Waals surface area contributed by atoms with Crippen molar-refractivity contribution in [1.82, 2.24) is 10.2 Å². The van der Waals surface area contributed by atoms with Gasteiger partial charge in [0.25, 0.3) is 0 Å². The Labute approximate surface area is 92.8 Å². The highest BCUT2D eigenvalue weighted by Gasteiger charge is 2.16. The van der Waals surface area contributed by atoms with Gasteiger partial charge in [-0.2, -0.15) is 11.8 Å². The zero-order valence-electron chi connectivity index (χ0n) is 9.75. The van der Waals surface area contributed by atoms with Gasteiger partial charge >= 0.3 is 0 Å². The molecule has 2 nitrogen and oxygen atoms in total. The average Bonchev–Trinajstić information content (AvgIpc) is 2.56. The van der Waals surface area contributed by atoms with Crippen LogP contribution in [0, 0.1) is 5.92 Å². The summed E-state index contributed by atoms with van der Waals surface area (Å²) in [5.41, 5.74) is 0. The normalized spacial score (nSPS) is 22.5. The van der Waals surface area contributed by atoms with Gasteiger partial charge in [0.15, 0.2) is 0 Å². The largest absolute Gasteiger partial charge is 0.313 e. The van der Waals surface area contributed by atoms with E-state index in [4.69, 9.17) is 0 Å². The molecule has 1 N–H and O–H groups in total. The van der Waals surface area contributed by atoms with E-state index in [2.05, 4.69) is 42.9 Å². The van der Waals surface area contributed by atoms with Crippen LogP contribution in [0.1, 0.15) is 20.3 Å². The van der Waals surface area contributed by atoms with E-state index in [0.29, 0.717) is 6.04 Å². The van der Waals surface area contributed by atoms with E-state index in [0.717, 1.165) is 12.5 Å². The summed E-state index contributed by atoms with van der Waals surface area (Å²) in [4.78, 5) is 2.46. The topological polar surface area (TPSA) is 15.3 Å². The van der Waals surface area contributed by atoms with Crippen LogP contribution in [-0.2, 0) is 0 Å². The molecule has 0 aromatic carbocycles. The number of thioether (sulfide) groups is 1. The lowest BCUT2D eigenvalue weighted by Gasteiger charge is -2.21. The Morgan fingerprint density at radius 3 is 2.86 bits per heavy atom. The van der Waals surface area contributed by atoms with Gasteiger partial charge in [0.1, 0.15) is 0 Å². The van der Waals surface area contributed by atoms with Gasteiger partial charge in [-0.1, -0.05) is 13.8 Å². The third-order valence-corrected chi connectivity index (χ3v) is 3.87.